The standard InChI is InChI=1S/C21H19AsN4O/c1-4-20(27)25-17-8-9-19-18(11-17)21(14(12-23)13-24-19)26-16-7-5-6-15(10-16)22(2)3/h4-11,13H,1H2,2-3H3,(H,24,26)(H,25,27). The van der Waals surface area contributed by atoms with Crippen LogP contribution >= 0.6 is 0 Å². The number of aromatic nitrogens is 1. The number of pyridine rings is 1. The number of carbonyl (C=O) groups excluding carboxylic acids is 1. The van der Waals surface area contributed by atoms with Crippen molar-refractivity contribution in [1.29, 1.82) is 5.26 Å². The van der Waals surface area contributed by atoms with Gasteiger partial charge in [0.25, 0.3) is 0 Å². The fourth-order valence-corrected chi connectivity index (χ4v) is 4.33. The van der Waals surface area contributed by atoms with E-state index in [1.54, 1.807) is 12.3 Å². The first-order valence-corrected chi connectivity index (χ1v) is 13.0. The van der Waals surface area contributed by atoms with Gasteiger partial charge in [-0.2, -0.15) is 0 Å². The Hall–Kier alpha value is -3.09. The molecule has 5 nitrogen and oxygen atoms in total. The molecule has 134 valence electrons. The average molecular weight is 418 g/mol. The second-order valence-electron chi connectivity index (χ2n) is 6.15. The first-order valence-electron chi connectivity index (χ1n) is 8.32. The number of carbonyl (C=O) groups is 1. The summed E-state index contributed by atoms with van der Waals surface area (Å²) in [5.41, 5.74) is 7.98. The summed E-state index contributed by atoms with van der Waals surface area (Å²) < 4.78 is 1.35. The molecule has 0 radical (unpaired) electrons. The van der Waals surface area contributed by atoms with Crippen molar-refractivity contribution in [3.63, 3.8) is 0 Å². The van der Waals surface area contributed by atoms with E-state index in [0.717, 1.165) is 16.6 Å². The minimum absolute atomic E-state index is 0.289. The molecule has 0 saturated heterocycles. The van der Waals surface area contributed by atoms with Crippen molar-refractivity contribution in [2.75, 3.05) is 10.6 Å². The van der Waals surface area contributed by atoms with Crippen molar-refractivity contribution >= 4 is 52.9 Å². The number of hydrogen-bond donors (Lipinski definition) is 2. The molecule has 0 aliphatic heterocycles. The van der Waals surface area contributed by atoms with E-state index in [1.165, 1.54) is 10.4 Å². The Labute approximate surface area is 163 Å². The molecular weight excluding hydrogens is 399 g/mol. The Morgan fingerprint density at radius 1 is 1.22 bits per heavy atom. The zero-order valence-electron chi connectivity index (χ0n) is 15.2. The number of rotatable bonds is 5. The van der Waals surface area contributed by atoms with Gasteiger partial charge in [-0.1, -0.05) is 0 Å². The Kier molecular flexibility index (Phi) is 5.59. The number of benzene rings is 2. The number of nitrogens with zero attached hydrogens (tertiary/aromatic N) is 2. The number of hydrogen-bond acceptors (Lipinski definition) is 4. The molecule has 3 rings (SSSR count). The molecule has 0 aliphatic carbocycles. The van der Waals surface area contributed by atoms with Crippen LogP contribution in [0.4, 0.5) is 17.1 Å². The van der Waals surface area contributed by atoms with Gasteiger partial charge >= 0.3 is 163 Å². The van der Waals surface area contributed by atoms with Gasteiger partial charge < -0.3 is 0 Å². The van der Waals surface area contributed by atoms with Crippen molar-refractivity contribution in [1.82, 2.24) is 4.98 Å². The zero-order chi connectivity index (χ0) is 19.4. The molecule has 6 heteroatoms. The van der Waals surface area contributed by atoms with Crippen LogP contribution in [-0.2, 0) is 4.79 Å². The van der Waals surface area contributed by atoms with E-state index >= 15 is 0 Å². The quantitative estimate of drug-likeness (QED) is 0.486. The van der Waals surface area contributed by atoms with E-state index in [0.29, 0.717) is 16.9 Å². The molecule has 0 bridgehead atoms. The summed E-state index contributed by atoms with van der Waals surface area (Å²) in [6.07, 6.45) is 2.78. The second-order valence-corrected chi connectivity index (χ2v) is 11.0. The first kappa shape index (κ1) is 18.7. The van der Waals surface area contributed by atoms with Crippen LogP contribution < -0.4 is 15.0 Å². The van der Waals surface area contributed by atoms with Crippen LogP contribution in [-0.4, -0.2) is 25.5 Å². The summed E-state index contributed by atoms with van der Waals surface area (Å²) in [6.45, 7) is 3.47. The van der Waals surface area contributed by atoms with Gasteiger partial charge in [-0.05, 0) is 0 Å². The molecule has 0 spiro atoms. The van der Waals surface area contributed by atoms with E-state index in [9.17, 15) is 10.1 Å². The summed E-state index contributed by atoms with van der Waals surface area (Å²) >= 11 is -1.00. The fourth-order valence-electron chi connectivity index (χ4n) is 2.69. The molecule has 0 saturated carbocycles. The Balaban J connectivity index is 2.10. The number of amides is 1. The van der Waals surface area contributed by atoms with Crippen LogP contribution in [0.25, 0.3) is 10.9 Å². The van der Waals surface area contributed by atoms with Gasteiger partial charge in [-0.25, -0.2) is 0 Å². The average Bonchev–Trinajstić information content (AvgIpc) is 2.68. The maximum atomic E-state index is 11.6. The SMILES string of the molecule is C=CC(=O)Nc1ccc2ncc(C#N)c(Nc3cccc([As](C)C)c3)c2c1. The Morgan fingerprint density at radius 2 is 2.04 bits per heavy atom. The summed E-state index contributed by atoms with van der Waals surface area (Å²) in [7, 11) is 0. The van der Waals surface area contributed by atoms with Gasteiger partial charge in [-0.15, -0.1) is 0 Å². The van der Waals surface area contributed by atoms with Gasteiger partial charge in [0.15, 0.2) is 0 Å². The summed E-state index contributed by atoms with van der Waals surface area (Å²) in [4.78, 5) is 16.0. The third-order valence-corrected chi connectivity index (χ3v) is 6.82. The zero-order valence-corrected chi connectivity index (χ0v) is 17.0. The van der Waals surface area contributed by atoms with Crippen LogP contribution in [0.1, 0.15) is 5.56 Å². The number of anilines is 3. The third kappa shape index (κ3) is 4.19. The summed E-state index contributed by atoms with van der Waals surface area (Å²) in [5, 5.41) is 16.4. The van der Waals surface area contributed by atoms with Crippen molar-refractivity contribution in [3.05, 3.63) is 66.9 Å². The fraction of sp³-hybridized carbons (Fsp3) is 0.0952. The molecule has 0 unspecified atom stereocenters. The van der Waals surface area contributed by atoms with E-state index in [2.05, 4.69) is 51.8 Å². The van der Waals surface area contributed by atoms with Gasteiger partial charge in [-0.3, -0.25) is 0 Å². The van der Waals surface area contributed by atoms with Crippen LogP contribution in [0.3, 0.4) is 0 Å². The van der Waals surface area contributed by atoms with Gasteiger partial charge in [0.1, 0.15) is 0 Å². The molecule has 27 heavy (non-hydrogen) atoms. The van der Waals surface area contributed by atoms with Crippen LogP contribution in [0, 0.1) is 11.3 Å². The normalized spacial score (nSPS) is 10.4. The molecule has 3 aromatic rings. The molecule has 1 amide bonds. The van der Waals surface area contributed by atoms with Crippen molar-refractivity contribution in [3.8, 4) is 6.07 Å². The predicted octanol–water partition coefficient (Wildman–Crippen LogP) is 3.94. The van der Waals surface area contributed by atoms with E-state index in [1.807, 2.05) is 24.3 Å². The molecular formula is C21H19AsN4O. The number of nitrogens with one attached hydrogen (secondary N) is 2. The van der Waals surface area contributed by atoms with Crippen LogP contribution in [0.15, 0.2) is 61.3 Å². The summed E-state index contributed by atoms with van der Waals surface area (Å²) in [5.74, 6) is -0.289. The Morgan fingerprint density at radius 3 is 2.74 bits per heavy atom. The minimum atomic E-state index is -1.00. The van der Waals surface area contributed by atoms with E-state index in [4.69, 9.17) is 0 Å². The predicted molar refractivity (Wildman–Crippen MR) is 112 cm³/mol. The molecule has 1 aromatic heterocycles. The van der Waals surface area contributed by atoms with Gasteiger partial charge in [0.2, 0.25) is 0 Å². The maximum absolute atomic E-state index is 11.6. The number of fused-ring (bicyclic) bond motifs is 1. The van der Waals surface area contributed by atoms with Crippen LogP contribution in [0.2, 0.25) is 11.4 Å². The van der Waals surface area contributed by atoms with Crippen molar-refractivity contribution in [2.24, 2.45) is 0 Å². The molecule has 0 atom stereocenters. The second kappa shape index (κ2) is 8.07. The van der Waals surface area contributed by atoms with Crippen molar-refractivity contribution in [2.45, 2.75) is 11.4 Å². The third-order valence-electron chi connectivity index (χ3n) is 4.07. The molecule has 0 aliphatic rings. The molecule has 1 heterocycles. The van der Waals surface area contributed by atoms with Crippen molar-refractivity contribution < 1.29 is 4.79 Å². The Bertz CT molecular complexity index is 1070. The topological polar surface area (TPSA) is 77.8 Å². The van der Waals surface area contributed by atoms with Crippen LogP contribution in [0.5, 0.6) is 0 Å². The van der Waals surface area contributed by atoms with Gasteiger partial charge in [0.05, 0.1) is 0 Å². The number of nitriles is 1. The molecule has 2 N–H and O–H groups in total. The monoisotopic (exact) mass is 418 g/mol. The van der Waals surface area contributed by atoms with Gasteiger partial charge in [0, 0.05) is 0 Å². The first-order chi connectivity index (χ1) is 13.0. The molecule has 0 fully saturated rings. The summed E-state index contributed by atoms with van der Waals surface area (Å²) in [6, 6.07) is 15.9. The van der Waals surface area contributed by atoms with E-state index in [-0.39, 0.29) is 5.91 Å². The molecule has 2 aromatic carbocycles. The van der Waals surface area contributed by atoms with E-state index < -0.39 is 14.7 Å².